The minimum absolute atomic E-state index is 0.00442. The molecule has 4 nitrogen and oxygen atoms in total. The van der Waals surface area contributed by atoms with E-state index in [4.69, 9.17) is 11.6 Å². The summed E-state index contributed by atoms with van der Waals surface area (Å²) >= 11 is 6.11. The van der Waals surface area contributed by atoms with Gasteiger partial charge in [-0.3, -0.25) is 9.78 Å². The summed E-state index contributed by atoms with van der Waals surface area (Å²) in [6.07, 6.45) is 6.68. The molecule has 0 saturated heterocycles. The highest BCUT2D eigenvalue weighted by Crippen LogP contribution is 2.28. The Bertz CT molecular complexity index is 904. The molecule has 2 aromatic heterocycles. The number of nitrogens with zero attached hydrogens (tertiary/aromatic N) is 3. The number of hydrogen-bond donors (Lipinski definition) is 0. The van der Waals surface area contributed by atoms with Gasteiger partial charge in [0.05, 0.1) is 6.04 Å². The number of halogens is 1. The van der Waals surface area contributed by atoms with Crippen LogP contribution in [0.4, 0.5) is 0 Å². The highest BCUT2D eigenvalue weighted by molar-refractivity contribution is 6.31. The van der Waals surface area contributed by atoms with E-state index in [1.165, 1.54) is 0 Å². The third-order valence-electron chi connectivity index (χ3n) is 4.91. The molecule has 3 aromatic rings. The molecule has 0 N–H and O–H groups in total. The van der Waals surface area contributed by atoms with Crippen LogP contribution in [-0.2, 0) is 7.05 Å². The first kappa shape index (κ1) is 18.5. The number of amides is 1. The van der Waals surface area contributed by atoms with Crippen molar-refractivity contribution in [3.63, 3.8) is 0 Å². The van der Waals surface area contributed by atoms with Crippen LogP contribution < -0.4 is 0 Å². The summed E-state index contributed by atoms with van der Waals surface area (Å²) < 4.78 is 1.92. The Morgan fingerprint density at radius 2 is 2.12 bits per heavy atom. The molecule has 3 rings (SSSR count). The van der Waals surface area contributed by atoms with E-state index >= 15 is 0 Å². The van der Waals surface area contributed by atoms with Crippen LogP contribution in [0, 0.1) is 0 Å². The van der Waals surface area contributed by atoms with Gasteiger partial charge in [-0.2, -0.15) is 0 Å². The Labute approximate surface area is 159 Å². The average Bonchev–Trinajstić information content (AvgIpc) is 2.98. The molecule has 0 radical (unpaired) electrons. The maximum absolute atomic E-state index is 13.2. The molecule has 0 aliphatic rings. The van der Waals surface area contributed by atoms with Gasteiger partial charge in [0.1, 0.15) is 5.69 Å². The molecule has 1 aromatic carbocycles. The maximum Gasteiger partial charge on any atom is 0.270 e. The molecule has 26 heavy (non-hydrogen) atoms. The molecule has 0 aliphatic heterocycles. The van der Waals surface area contributed by atoms with Crippen LogP contribution in [0.25, 0.3) is 10.9 Å². The van der Waals surface area contributed by atoms with Crippen LogP contribution >= 0.6 is 11.6 Å². The zero-order chi connectivity index (χ0) is 18.7. The SMILES string of the molecule is CCCC[C@H](c1cccnc1)N(C)C(=O)c1cc2ccc(Cl)cc2n1C. The molecule has 1 amide bonds. The number of aromatic nitrogens is 2. The first-order chi connectivity index (χ1) is 12.5. The van der Waals surface area contributed by atoms with Crippen molar-refractivity contribution in [1.29, 1.82) is 0 Å². The fourth-order valence-electron chi connectivity index (χ4n) is 3.39. The number of hydrogen-bond acceptors (Lipinski definition) is 2. The lowest BCUT2D eigenvalue weighted by Crippen LogP contribution is -2.32. The van der Waals surface area contributed by atoms with Gasteiger partial charge < -0.3 is 9.47 Å². The van der Waals surface area contributed by atoms with Crippen molar-refractivity contribution in [2.24, 2.45) is 7.05 Å². The monoisotopic (exact) mass is 369 g/mol. The third-order valence-corrected chi connectivity index (χ3v) is 5.15. The van der Waals surface area contributed by atoms with Crippen LogP contribution in [0.2, 0.25) is 5.02 Å². The van der Waals surface area contributed by atoms with E-state index in [0.717, 1.165) is 35.7 Å². The largest absolute Gasteiger partial charge is 0.340 e. The lowest BCUT2D eigenvalue weighted by Gasteiger charge is -2.28. The Balaban J connectivity index is 1.95. The molecule has 1 atom stereocenters. The molecule has 0 saturated carbocycles. The molecule has 136 valence electrons. The number of pyridine rings is 1. The highest BCUT2D eigenvalue weighted by Gasteiger charge is 2.25. The first-order valence-electron chi connectivity index (χ1n) is 8.95. The van der Waals surface area contributed by atoms with E-state index in [1.54, 1.807) is 6.20 Å². The predicted octanol–water partition coefficient (Wildman–Crippen LogP) is 5.23. The second kappa shape index (κ2) is 7.92. The molecule has 0 unspecified atom stereocenters. The van der Waals surface area contributed by atoms with Gasteiger partial charge >= 0.3 is 0 Å². The number of benzene rings is 1. The zero-order valence-electron chi connectivity index (χ0n) is 15.4. The van der Waals surface area contributed by atoms with E-state index in [9.17, 15) is 4.79 Å². The van der Waals surface area contributed by atoms with Gasteiger partial charge in [-0.1, -0.05) is 43.5 Å². The van der Waals surface area contributed by atoms with E-state index in [1.807, 2.05) is 66.2 Å². The summed E-state index contributed by atoms with van der Waals surface area (Å²) in [5.74, 6) is 0.00442. The number of rotatable bonds is 6. The summed E-state index contributed by atoms with van der Waals surface area (Å²) in [5, 5.41) is 1.68. The molecule has 2 heterocycles. The van der Waals surface area contributed by atoms with Crippen molar-refractivity contribution in [1.82, 2.24) is 14.5 Å². The van der Waals surface area contributed by atoms with E-state index < -0.39 is 0 Å². The molecule has 0 spiro atoms. The number of fused-ring (bicyclic) bond motifs is 1. The van der Waals surface area contributed by atoms with Crippen molar-refractivity contribution >= 4 is 28.4 Å². The minimum atomic E-state index is 0.00442. The fourth-order valence-corrected chi connectivity index (χ4v) is 3.55. The summed E-state index contributed by atoms with van der Waals surface area (Å²) in [6.45, 7) is 2.16. The Morgan fingerprint density at radius 3 is 2.81 bits per heavy atom. The van der Waals surface area contributed by atoms with Gasteiger partial charge in [0.25, 0.3) is 5.91 Å². The number of aryl methyl sites for hydroxylation is 1. The minimum Gasteiger partial charge on any atom is -0.340 e. The van der Waals surface area contributed by atoms with Crippen molar-refractivity contribution in [2.45, 2.75) is 32.2 Å². The lowest BCUT2D eigenvalue weighted by molar-refractivity contribution is 0.0711. The van der Waals surface area contributed by atoms with E-state index in [0.29, 0.717) is 10.7 Å². The number of carbonyl (C=O) groups excluding carboxylic acids is 1. The van der Waals surface area contributed by atoms with Crippen LogP contribution in [-0.4, -0.2) is 27.4 Å². The smallest absolute Gasteiger partial charge is 0.270 e. The van der Waals surface area contributed by atoms with Gasteiger partial charge in [0.15, 0.2) is 0 Å². The van der Waals surface area contributed by atoms with E-state index in [2.05, 4.69) is 11.9 Å². The van der Waals surface area contributed by atoms with Gasteiger partial charge in [0.2, 0.25) is 0 Å². The fraction of sp³-hybridized carbons (Fsp3) is 0.333. The number of unbranched alkanes of at least 4 members (excludes halogenated alkanes) is 1. The zero-order valence-corrected chi connectivity index (χ0v) is 16.2. The molecule has 0 bridgehead atoms. The summed E-state index contributed by atoms with van der Waals surface area (Å²) in [6, 6.07) is 11.6. The predicted molar refractivity (Wildman–Crippen MR) is 107 cm³/mol. The average molecular weight is 370 g/mol. The summed E-state index contributed by atoms with van der Waals surface area (Å²) in [7, 11) is 3.78. The molecule has 0 fully saturated rings. The van der Waals surface area contributed by atoms with Crippen LogP contribution in [0.5, 0.6) is 0 Å². The topological polar surface area (TPSA) is 38.1 Å². The van der Waals surface area contributed by atoms with Crippen molar-refractivity contribution in [3.8, 4) is 0 Å². The number of carbonyl (C=O) groups is 1. The normalized spacial score (nSPS) is 12.3. The van der Waals surface area contributed by atoms with Crippen LogP contribution in [0.3, 0.4) is 0 Å². The summed E-state index contributed by atoms with van der Waals surface area (Å²) in [5.41, 5.74) is 2.69. The van der Waals surface area contributed by atoms with Gasteiger partial charge in [0, 0.05) is 42.4 Å². The maximum atomic E-state index is 13.2. The highest BCUT2D eigenvalue weighted by atomic mass is 35.5. The Hall–Kier alpha value is -2.33. The quantitative estimate of drug-likeness (QED) is 0.596. The summed E-state index contributed by atoms with van der Waals surface area (Å²) in [4.78, 5) is 19.3. The van der Waals surface area contributed by atoms with Gasteiger partial charge in [-0.15, -0.1) is 0 Å². The standard InChI is InChI=1S/C21H24ClN3O/c1-4-5-8-18(16-7-6-11-23-14-16)25(3)21(26)20-12-15-9-10-17(22)13-19(15)24(20)2/h6-7,9-14,18H,4-5,8H2,1-3H3/t18-/m1/s1. The third kappa shape index (κ3) is 3.61. The second-order valence-corrected chi connectivity index (χ2v) is 7.09. The van der Waals surface area contributed by atoms with Gasteiger partial charge in [-0.25, -0.2) is 0 Å². The van der Waals surface area contributed by atoms with Crippen LogP contribution in [0.15, 0.2) is 48.8 Å². The van der Waals surface area contributed by atoms with Gasteiger partial charge in [-0.05, 0) is 36.2 Å². The molecule has 0 aliphatic carbocycles. The molecular weight excluding hydrogens is 346 g/mol. The van der Waals surface area contributed by atoms with Crippen LogP contribution in [0.1, 0.15) is 48.3 Å². The Morgan fingerprint density at radius 1 is 1.31 bits per heavy atom. The second-order valence-electron chi connectivity index (χ2n) is 6.65. The lowest BCUT2D eigenvalue weighted by atomic mass is 10.0. The first-order valence-corrected chi connectivity index (χ1v) is 9.32. The Kier molecular flexibility index (Phi) is 5.62. The van der Waals surface area contributed by atoms with Crippen molar-refractivity contribution in [3.05, 3.63) is 65.1 Å². The van der Waals surface area contributed by atoms with E-state index in [-0.39, 0.29) is 11.9 Å². The molecular formula is C21H24ClN3O. The van der Waals surface area contributed by atoms with Crippen molar-refractivity contribution in [2.75, 3.05) is 7.05 Å². The molecule has 5 heteroatoms. The van der Waals surface area contributed by atoms with Crippen molar-refractivity contribution < 1.29 is 4.79 Å².